The van der Waals surface area contributed by atoms with E-state index in [1.165, 1.54) is 6.07 Å². The van der Waals surface area contributed by atoms with Gasteiger partial charge in [0.1, 0.15) is 11.9 Å². The zero-order valence-corrected chi connectivity index (χ0v) is 15.5. The number of hydrogen-bond acceptors (Lipinski definition) is 4. The maximum atomic E-state index is 12.6. The van der Waals surface area contributed by atoms with Gasteiger partial charge in [0.05, 0.1) is 5.56 Å². The molecule has 1 aliphatic rings. The molecule has 0 radical (unpaired) electrons. The number of carbonyl (C=O) groups is 1. The van der Waals surface area contributed by atoms with Gasteiger partial charge in [-0.3, -0.25) is 4.79 Å². The summed E-state index contributed by atoms with van der Waals surface area (Å²) in [5, 5.41) is 2.97. The first-order chi connectivity index (χ1) is 13.2. The van der Waals surface area contributed by atoms with Crippen molar-refractivity contribution in [1.29, 1.82) is 0 Å². The lowest BCUT2D eigenvalue weighted by atomic mass is 10.0. The number of nitrogens with one attached hydrogen (secondary N) is 1. The summed E-state index contributed by atoms with van der Waals surface area (Å²) in [5.41, 5.74) is 7.14. The number of benzene rings is 1. The lowest BCUT2D eigenvalue weighted by Crippen LogP contribution is -2.47. The molecule has 150 valence electrons. The minimum Gasteiger partial charge on any atom is -0.356 e. The smallest absolute Gasteiger partial charge is 0.356 e. The highest BCUT2D eigenvalue weighted by Gasteiger charge is 2.31. The van der Waals surface area contributed by atoms with Gasteiger partial charge in [0, 0.05) is 25.3 Å². The van der Waals surface area contributed by atoms with Crippen molar-refractivity contribution in [1.82, 2.24) is 10.3 Å². The summed E-state index contributed by atoms with van der Waals surface area (Å²) in [6.07, 6.45) is -2.19. The van der Waals surface area contributed by atoms with Crippen molar-refractivity contribution in [2.45, 2.75) is 38.0 Å². The zero-order valence-electron chi connectivity index (χ0n) is 15.5. The van der Waals surface area contributed by atoms with Crippen LogP contribution in [-0.2, 0) is 11.0 Å². The molecule has 1 aliphatic heterocycles. The monoisotopic (exact) mass is 392 g/mol. The maximum Gasteiger partial charge on any atom is 0.417 e. The fourth-order valence-electron chi connectivity index (χ4n) is 3.21. The molecule has 1 aromatic heterocycles. The standard InChI is InChI=1S/C20H23F3N4O/c1-13-2-4-14(5-3-13)18(24)19(28)26-16-8-10-27(11-9-16)17-7-6-15(12-25-17)20(21,22)23/h2-7,12,16,18H,8-11,24H2,1H3,(H,26,28). The van der Waals surface area contributed by atoms with E-state index in [2.05, 4.69) is 10.3 Å². The summed E-state index contributed by atoms with van der Waals surface area (Å²) in [7, 11) is 0. The Labute approximate surface area is 161 Å². The van der Waals surface area contributed by atoms with Crippen molar-refractivity contribution in [2.75, 3.05) is 18.0 Å². The van der Waals surface area contributed by atoms with E-state index in [0.717, 1.165) is 23.4 Å². The highest BCUT2D eigenvalue weighted by molar-refractivity contribution is 5.83. The molecule has 28 heavy (non-hydrogen) atoms. The summed E-state index contributed by atoms with van der Waals surface area (Å²) in [5.74, 6) is 0.282. The number of nitrogens with two attached hydrogens (primary N) is 1. The van der Waals surface area contributed by atoms with Gasteiger partial charge in [0.15, 0.2) is 0 Å². The Kier molecular flexibility index (Phi) is 5.88. The van der Waals surface area contributed by atoms with Gasteiger partial charge in [0.25, 0.3) is 0 Å². The minimum atomic E-state index is -4.39. The summed E-state index contributed by atoms with van der Waals surface area (Å²) in [6, 6.07) is 9.20. The number of alkyl halides is 3. The number of piperidine rings is 1. The van der Waals surface area contributed by atoms with E-state index in [0.29, 0.717) is 31.7 Å². The zero-order chi connectivity index (χ0) is 20.3. The molecule has 3 N–H and O–H groups in total. The Morgan fingerprint density at radius 1 is 1.18 bits per heavy atom. The van der Waals surface area contributed by atoms with E-state index < -0.39 is 17.8 Å². The Hall–Kier alpha value is -2.61. The van der Waals surface area contributed by atoms with Gasteiger partial charge in [-0.2, -0.15) is 13.2 Å². The fraction of sp³-hybridized carbons (Fsp3) is 0.400. The average molecular weight is 392 g/mol. The molecule has 8 heteroatoms. The van der Waals surface area contributed by atoms with Crippen LogP contribution in [0.15, 0.2) is 42.6 Å². The van der Waals surface area contributed by atoms with Crippen LogP contribution in [0.25, 0.3) is 0 Å². The summed E-state index contributed by atoms with van der Waals surface area (Å²) >= 11 is 0. The van der Waals surface area contributed by atoms with Crippen LogP contribution in [0.3, 0.4) is 0 Å². The first kappa shape index (κ1) is 20.1. The molecule has 1 unspecified atom stereocenters. The average Bonchev–Trinajstić information content (AvgIpc) is 2.68. The SMILES string of the molecule is Cc1ccc(C(N)C(=O)NC2CCN(c3ccc(C(F)(F)F)cn3)CC2)cc1. The van der Waals surface area contributed by atoms with Gasteiger partial charge in [-0.25, -0.2) is 4.98 Å². The molecule has 5 nitrogen and oxygen atoms in total. The second-order valence-electron chi connectivity index (χ2n) is 7.06. The van der Waals surface area contributed by atoms with Crippen molar-refractivity contribution in [3.05, 3.63) is 59.3 Å². The van der Waals surface area contributed by atoms with Crippen LogP contribution in [0.4, 0.5) is 19.0 Å². The number of amides is 1. The number of pyridine rings is 1. The largest absolute Gasteiger partial charge is 0.417 e. The maximum absolute atomic E-state index is 12.6. The van der Waals surface area contributed by atoms with Crippen molar-refractivity contribution in [3.8, 4) is 0 Å². The Balaban J connectivity index is 1.52. The molecule has 3 rings (SSSR count). The molecular formula is C20H23F3N4O. The van der Waals surface area contributed by atoms with Crippen LogP contribution in [0.5, 0.6) is 0 Å². The molecule has 2 aromatic rings. The Bertz CT molecular complexity index is 798. The number of rotatable bonds is 4. The minimum absolute atomic E-state index is 0.0188. The normalized spacial score (nSPS) is 16.7. The van der Waals surface area contributed by atoms with E-state index in [1.807, 2.05) is 36.1 Å². The van der Waals surface area contributed by atoms with Gasteiger partial charge >= 0.3 is 6.18 Å². The lowest BCUT2D eigenvalue weighted by molar-refractivity contribution is -0.137. The van der Waals surface area contributed by atoms with Crippen LogP contribution in [-0.4, -0.2) is 30.0 Å². The highest BCUT2D eigenvalue weighted by Crippen LogP contribution is 2.29. The second-order valence-corrected chi connectivity index (χ2v) is 7.06. The molecule has 1 atom stereocenters. The Morgan fingerprint density at radius 2 is 1.82 bits per heavy atom. The predicted molar refractivity (Wildman–Crippen MR) is 101 cm³/mol. The molecule has 0 bridgehead atoms. The number of aromatic nitrogens is 1. The van der Waals surface area contributed by atoms with Crippen molar-refractivity contribution in [3.63, 3.8) is 0 Å². The summed E-state index contributed by atoms with van der Waals surface area (Å²) in [4.78, 5) is 18.3. The third-order valence-corrected chi connectivity index (χ3v) is 4.96. The van der Waals surface area contributed by atoms with Gasteiger partial charge in [0.2, 0.25) is 5.91 Å². The first-order valence-corrected chi connectivity index (χ1v) is 9.15. The number of anilines is 1. The molecule has 0 spiro atoms. The number of halogens is 3. The molecular weight excluding hydrogens is 369 g/mol. The van der Waals surface area contributed by atoms with Gasteiger partial charge in [-0.1, -0.05) is 29.8 Å². The Morgan fingerprint density at radius 3 is 2.36 bits per heavy atom. The van der Waals surface area contributed by atoms with E-state index in [4.69, 9.17) is 5.73 Å². The molecule has 1 fully saturated rings. The van der Waals surface area contributed by atoms with E-state index in [9.17, 15) is 18.0 Å². The van der Waals surface area contributed by atoms with Crippen molar-refractivity contribution < 1.29 is 18.0 Å². The van der Waals surface area contributed by atoms with Crippen LogP contribution in [0.1, 0.15) is 35.6 Å². The van der Waals surface area contributed by atoms with Gasteiger partial charge in [-0.05, 0) is 37.5 Å². The molecule has 0 saturated carbocycles. The number of hydrogen-bond donors (Lipinski definition) is 2. The molecule has 1 saturated heterocycles. The summed E-state index contributed by atoms with van der Waals surface area (Å²) < 4.78 is 37.9. The van der Waals surface area contributed by atoms with Gasteiger partial charge < -0.3 is 16.0 Å². The van der Waals surface area contributed by atoms with E-state index >= 15 is 0 Å². The van der Waals surface area contributed by atoms with Crippen molar-refractivity contribution >= 4 is 11.7 Å². The third kappa shape index (κ3) is 4.81. The second kappa shape index (κ2) is 8.18. The lowest BCUT2D eigenvalue weighted by Gasteiger charge is -2.33. The molecule has 1 amide bonds. The van der Waals surface area contributed by atoms with E-state index in [1.54, 1.807) is 0 Å². The van der Waals surface area contributed by atoms with Crippen LogP contribution in [0.2, 0.25) is 0 Å². The van der Waals surface area contributed by atoms with Crippen LogP contribution < -0.4 is 16.0 Å². The quantitative estimate of drug-likeness (QED) is 0.838. The van der Waals surface area contributed by atoms with Crippen LogP contribution >= 0.6 is 0 Å². The third-order valence-electron chi connectivity index (χ3n) is 4.96. The number of carbonyl (C=O) groups excluding carboxylic acids is 1. The molecule has 1 aromatic carbocycles. The molecule has 0 aliphatic carbocycles. The summed E-state index contributed by atoms with van der Waals surface area (Å²) in [6.45, 7) is 3.17. The number of aryl methyl sites for hydroxylation is 1. The number of nitrogens with zero attached hydrogens (tertiary/aromatic N) is 2. The van der Waals surface area contributed by atoms with Crippen LogP contribution in [0, 0.1) is 6.92 Å². The van der Waals surface area contributed by atoms with Gasteiger partial charge in [-0.15, -0.1) is 0 Å². The first-order valence-electron chi connectivity index (χ1n) is 9.15. The highest BCUT2D eigenvalue weighted by atomic mass is 19.4. The fourth-order valence-corrected chi connectivity index (χ4v) is 3.21. The topological polar surface area (TPSA) is 71.2 Å². The van der Waals surface area contributed by atoms with E-state index in [-0.39, 0.29) is 11.9 Å². The molecule has 2 heterocycles. The predicted octanol–water partition coefficient (Wildman–Crippen LogP) is 3.19. The van der Waals surface area contributed by atoms with Crippen molar-refractivity contribution in [2.24, 2.45) is 5.73 Å².